The number of alkyl carbamates (subject to hydrolysis) is 1. The van der Waals surface area contributed by atoms with E-state index in [0.717, 1.165) is 0 Å². The number of rotatable bonds is 19. The summed E-state index contributed by atoms with van der Waals surface area (Å²) in [6.07, 6.45) is -7.76. The minimum atomic E-state index is -1.53. The molecule has 60 heavy (non-hydrogen) atoms. The zero-order chi connectivity index (χ0) is 42.7. The predicted molar refractivity (Wildman–Crippen MR) is 216 cm³/mol. The van der Waals surface area contributed by atoms with Crippen LogP contribution in [0, 0.1) is 0 Å². The van der Waals surface area contributed by atoms with E-state index in [0.29, 0.717) is 13.2 Å². The molecule has 1 fully saturated rings. The first-order chi connectivity index (χ1) is 29.0. The maximum Gasteiger partial charge on any atom is 0.407 e. The van der Waals surface area contributed by atoms with Crippen molar-refractivity contribution < 1.29 is 61.9 Å². The molecule has 0 saturated carbocycles. The highest BCUT2D eigenvalue weighted by Crippen LogP contribution is 2.32. The normalized spacial score (nSPS) is 18.7. The van der Waals surface area contributed by atoms with Crippen LogP contribution in [0.5, 0.6) is 0 Å². The lowest BCUT2D eigenvalue weighted by Gasteiger charge is -2.44. The van der Waals surface area contributed by atoms with Crippen molar-refractivity contribution in [3.8, 4) is 0 Å². The Kier molecular flexibility index (Phi) is 17.1. The van der Waals surface area contributed by atoms with Gasteiger partial charge in [-0.25, -0.2) is 24.0 Å². The van der Waals surface area contributed by atoms with E-state index in [-0.39, 0.29) is 48.6 Å². The van der Waals surface area contributed by atoms with Crippen LogP contribution in [0.4, 0.5) is 4.79 Å². The highest BCUT2D eigenvalue weighted by molar-refractivity contribution is 5.91. The molecule has 2 N–H and O–H groups in total. The zero-order valence-corrected chi connectivity index (χ0v) is 33.7. The molecule has 0 bridgehead atoms. The summed E-state index contributed by atoms with van der Waals surface area (Å²) in [7, 11) is 0. The van der Waals surface area contributed by atoms with Gasteiger partial charge < -0.3 is 48.5 Å². The van der Waals surface area contributed by atoms with Gasteiger partial charge in [0.05, 0.1) is 42.1 Å². The number of nitrogens with one attached hydrogen (secondary N) is 2. The van der Waals surface area contributed by atoms with Crippen molar-refractivity contribution in [2.75, 3.05) is 46.1 Å². The Hall–Kier alpha value is -6.13. The Labute approximate surface area is 348 Å². The Morgan fingerprint density at radius 3 is 1.48 bits per heavy atom. The van der Waals surface area contributed by atoms with Crippen LogP contribution < -0.4 is 10.6 Å². The van der Waals surface area contributed by atoms with E-state index in [2.05, 4.69) is 10.6 Å². The van der Waals surface area contributed by atoms with E-state index >= 15 is 0 Å². The summed E-state index contributed by atoms with van der Waals surface area (Å²) in [6.45, 7) is 6.37. The molecular formula is C45H50N2O13. The minimum Gasteiger partial charge on any atom is -0.459 e. The van der Waals surface area contributed by atoms with Crippen LogP contribution in [-0.2, 0) is 37.9 Å². The Morgan fingerprint density at radius 2 is 0.983 bits per heavy atom. The monoisotopic (exact) mass is 826 g/mol. The summed E-state index contributed by atoms with van der Waals surface area (Å²) in [5.74, 6) is -3.10. The maximum atomic E-state index is 13.8. The first-order valence-corrected chi connectivity index (χ1v) is 19.5. The van der Waals surface area contributed by atoms with E-state index < -0.39 is 72.9 Å². The van der Waals surface area contributed by atoms with Gasteiger partial charge in [0.1, 0.15) is 18.3 Å². The summed E-state index contributed by atoms with van der Waals surface area (Å²) in [4.78, 5) is 66.1. The van der Waals surface area contributed by atoms with Crippen molar-refractivity contribution in [1.29, 1.82) is 0 Å². The molecule has 0 aromatic heterocycles. The molecule has 0 spiro atoms. The fourth-order valence-electron chi connectivity index (χ4n) is 5.82. The Morgan fingerprint density at radius 1 is 0.550 bits per heavy atom. The maximum absolute atomic E-state index is 13.8. The minimum absolute atomic E-state index is 0.00536. The molecule has 5 atom stereocenters. The number of carbonyl (C=O) groups excluding carboxylic acids is 5. The molecule has 1 aliphatic heterocycles. The van der Waals surface area contributed by atoms with Gasteiger partial charge >= 0.3 is 30.0 Å². The van der Waals surface area contributed by atoms with Gasteiger partial charge in [-0.3, -0.25) is 0 Å². The second kappa shape index (κ2) is 22.9. The number of amides is 1. The molecule has 1 saturated heterocycles. The highest BCUT2D eigenvalue weighted by Gasteiger charge is 2.53. The third-order valence-electron chi connectivity index (χ3n) is 8.64. The van der Waals surface area contributed by atoms with E-state index in [4.69, 9.17) is 37.9 Å². The third-order valence-corrected chi connectivity index (χ3v) is 8.64. The standard InChI is InChI=1S/C45H50N2O13/c1-45(2,3)60-44(52)47-26-28-53-27-24-46-25-29-54-43-38(59-42(51)34-22-14-7-15-23-34)37(58-41(50)33-20-12-6-13-21-33)36(57-40(49)32-18-10-5-11-19-32)35(56-43)30-55-39(48)31-16-8-4-9-17-31/h4-23,35-38,43,46H,24-30H2,1-3H3,(H,47,52). The molecule has 15 heteroatoms. The molecule has 4 aromatic rings. The molecule has 1 amide bonds. The van der Waals surface area contributed by atoms with Gasteiger partial charge in [-0.05, 0) is 69.3 Å². The van der Waals surface area contributed by atoms with Crippen molar-refractivity contribution in [1.82, 2.24) is 10.6 Å². The lowest BCUT2D eigenvalue weighted by Crippen LogP contribution is -2.63. The molecule has 4 aromatic carbocycles. The first-order valence-electron chi connectivity index (χ1n) is 19.5. The molecule has 318 valence electrons. The summed E-state index contributed by atoms with van der Waals surface area (Å²) < 4.78 is 47.2. The summed E-state index contributed by atoms with van der Waals surface area (Å²) in [5, 5.41) is 5.80. The SMILES string of the molecule is CC(C)(C)OC(=O)NCCOCCNCCOC1OC(COC(=O)c2ccccc2)C(OC(=O)c2ccccc2)C(OC(=O)c2ccccc2)C1OC(=O)c1ccccc1. The lowest BCUT2D eigenvalue weighted by molar-refractivity contribution is -0.298. The average Bonchev–Trinajstić information content (AvgIpc) is 3.25. The van der Waals surface area contributed by atoms with Gasteiger partial charge in [0.2, 0.25) is 0 Å². The molecule has 1 aliphatic rings. The summed E-state index contributed by atoms with van der Waals surface area (Å²) in [6, 6.07) is 32.6. The van der Waals surface area contributed by atoms with Crippen molar-refractivity contribution in [3.63, 3.8) is 0 Å². The predicted octanol–water partition coefficient (Wildman–Crippen LogP) is 5.39. The molecule has 5 rings (SSSR count). The fourth-order valence-corrected chi connectivity index (χ4v) is 5.82. The average molecular weight is 827 g/mol. The Balaban J connectivity index is 1.36. The number of carbonyl (C=O) groups is 5. The molecule has 1 heterocycles. The second-order valence-electron chi connectivity index (χ2n) is 14.4. The van der Waals surface area contributed by atoms with E-state index in [1.165, 1.54) is 12.1 Å². The van der Waals surface area contributed by atoms with Crippen LogP contribution in [0.25, 0.3) is 0 Å². The van der Waals surface area contributed by atoms with Crippen molar-refractivity contribution in [2.24, 2.45) is 0 Å². The van der Waals surface area contributed by atoms with E-state index in [9.17, 15) is 24.0 Å². The third kappa shape index (κ3) is 14.3. The van der Waals surface area contributed by atoms with Gasteiger partial charge in [0.15, 0.2) is 24.6 Å². The van der Waals surface area contributed by atoms with Crippen LogP contribution in [0.3, 0.4) is 0 Å². The van der Waals surface area contributed by atoms with E-state index in [1.807, 2.05) is 0 Å². The molecule has 0 radical (unpaired) electrons. The zero-order valence-electron chi connectivity index (χ0n) is 33.7. The number of hydrogen-bond donors (Lipinski definition) is 2. The summed E-state index contributed by atoms with van der Waals surface area (Å²) >= 11 is 0. The second-order valence-corrected chi connectivity index (χ2v) is 14.4. The van der Waals surface area contributed by atoms with Gasteiger partial charge in [0.25, 0.3) is 0 Å². The van der Waals surface area contributed by atoms with Crippen LogP contribution in [0.2, 0.25) is 0 Å². The molecule has 0 aliphatic carbocycles. The summed E-state index contributed by atoms with van der Waals surface area (Å²) in [5.41, 5.74) is 0.182. The van der Waals surface area contributed by atoms with E-state index in [1.54, 1.807) is 130 Å². The van der Waals surface area contributed by atoms with Gasteiger partial charge in [-0.1, -0.05) is 72.8 Å². The number of benzene rings is 4. The molecule has 15 nitrogen and oxygen atoms in total. The van der Waals surface area contributed by atoms with Crippen LogP contribution >= 0.6 is 0 Å². The fraction of sp³-hybridized carbons (Fsp3) is 0.356. The van der Waals surface area contributed by atoms with Gasteiger partial charge in [0, 0.05) is 19.6 Å². The number of ether oxygens (including phenoxy) is 8. The number of esters is 4. The van der Waals surface area contributed by atoms with Gasteiger partial charge in [-0.2, -0.15) is 0 Å². The van der Waals surface area contributed by atoms with Crippen LogP contribution in [-0.4, -0.2) is 112 Å². The Bertz CT molecular complexity index is 1960. The highest BCUT2D eigenvalue weighted by atomic mass is 16.7. The largest absolute Gasteiger partial charge is 0.459 e. The van der Waals surface area contributed by atoms with Crippen LogP contribution in [0.15, 0.2) is 121 Å². The molecular weight excluding hydrogens is 776 g/mol. The quantitative estimate of drug-likeness (QED) is 0.0697. The number of hydrogen-bond acceptors (Lipinski definition) is 14. The first kappa shape index (κ1) is 45.0. The lowest BCUT2D eigenvalue weighted by atomic mass is 9.97. The van der Waals surface area contributed by atoms with Crippen molar-refractivity contribution in [2.45, 2.75) is 57.1 Å². The van der Waals surface area contributed by atoms with Crippen molar-refractivity contribution >= 4 is 30.0 Å². The smallest absolute Gasteiger partial charge is 0.407 e. The van der Waals surface area contributed by atoms with Crippen LogP contribution in [0.1, 0.15) is 62.2 Å². The molecule has 5 unspecified atom stereocenters. The van der Waals surface area contributed by atoms with Gasteiger partial charge in [-0.15, -0.1) is 0 Å². The van der Waals surface area contributed by atoms with Crippen molar-refractivity contribution in [3.05, 3.63) is 144 Å². The topological polar surface area (TPSA) is 183 Å².